The first kappa shape index (κ1) is 15.0. The van der Waals surface area contributed by atoms with Crippen molar-refractivity contribution in [2.75, 3.05) is 0 Å². The van der Waals surface area contributed by atoms with Crippen molar-refractivity contribution < 1.29 is 9.90 Å². The van der Waals surface area contributed by atoms with Crippen molar-refractivity contribution in [3.8, 4) is 16.9 Å². The molecule has 114 valence electrons. The lowest BCUT2D eigenvalue weighted by molar-refractivity contribution is 0.103. The minimum absolute atomic E-state index is 0.0407. The number of ketones is 1. The van der Waals surface area contributed by atoms with Gasteiger partial charge in [0.15, 0.2) is 5.78 Å². The predicted molar refractivity (Wildman–Crippen MR) is 91.3 cm³/mol. The van der Waals surface area contributed by atoms with E-state index in [2.05, 4.69) is 0 Å². The highest BCUT2D eigenvalue weighted by molar-refractivity contribution is 6.11. The number of benzene rings is 3. The molecule has 0 aromatic heterocycles. The standard InChI is InChI=1S/C20H17NO2/c21-13-17-11-16(14-7-3-1-4-8-14)12-18(20(17)23)19(22)15-9-5-2-6-10-15/h1-12,23H,13,21H2. The fraction of sp³-hybridized carbons (Fsp3) is 0.0500. The van der Waals surface area contributed by atoms with Crippen LogP contribution in [0.1, 0.15) is 21.5 Å². The molecular weight excluding hydrogens is 286 g/mol. The lowest BCUT2D eigenvalue weighted by atomic mass is 9.94. The summed E-state index contributed by atoms with van der Waals surface area (Å²) >= 11 is 0. The van der Waals surface area contributed by atoms with Crippen LogP contribution in [0.3, 0.4) is 0 Å². The molecule has 3 aromatic rings. The van der Waals surface area contributed by atoms with Crippen molar-refractivity contribution in [1.29, 1.82) is 0 Å². The van der Waals surface area contributed by atoms with E-state index in [-0.39, 0.29) is 23.6 Å². The average Bonchev–Trinajstić information content (AvgIpc) is 2.63. The number of nitrogens with two attached hydrogens (primary N) is 1. The molecule has 0 radical (unpaired) electrons. The van der Waals surface area contributed by atoms with Crippen LogP contribution in [0.4, 0.5) is 0 Å². The average molecular weight is 303 g/mol. The molecule has 3 rings (SSSR count). The van der Waals surface area contributed by atoms with Gasteiger partial charge in [0, 0.05) is 17.7 Å². The summed E-state index contributed by atoms with van der Waals surface area (Å²) in [6.45, 7) is 0.168. The van der Waals surface area contributed by atoms with Gasteiger partial charge < -0.3 is 10.8 Å². The molecular formula is C20H17NO2. The molecule has 23 heavy (non-hydrogen) atoms. The van der Waals surface area contributed by atoms with Crippen LogP contribution in [0.25, 0.3) is 11.1 Å². The predicted octanol–water partition coefficient (Wildman–Crippen LogP) is 3.75. The summed E-state index contributed by atoms with van der Waals surface area (Å²) in [7, 11) is 0. The molecule has 0 amide bonds. The van der Waals surface area contributed by atoms with Gasteiger partial charge in [0.25, 0.3) is 0 Å². The molecule has 0 bridgehead atoms. The van der Waals surface area contributed by atoms with E-state index in [0.717, 1.165) is 11.1 Å². The molecule has 0 atom stereocenters. The number of carbonyl (C=O) groups is 1. The molecule has 0 unspecified atom stereocenters. The molecule has 0 aliphatic carbocycles. The fourth-order valence-electron chi connectivity index (χ4n) is 2.57. The van der Waals surface area contributed by atoms with E-state index in [4.69, 9.17) is 5.73 Å². The van der Waals surface area contributed by atoms with Gasteiger partial charge in [-0.05, 0) is 23.3 Å². The molecule has 0 heterocycles. The number of hydrogen-bond donors (Lipinski definition) is 2. The Bertz CT molecular complexity index is 827. The Kier molecular flexibility index (Phi) is 4.22. The highest BCUT2D eigenvalue weighted by Gasteiger charge is 2.17. The van der Waals surface area contributed by atoms with E-state index < -0.39 is 0 Å². The third-order valence-electron chi connectivity index (χ3n) is 3.80. The van der Waals surface area contributed by atoms with Gasteiger partial charge in [-0.15, -0.1) is 0 Å². The Balaban J connectivity index is 2.15. The Labute approximate surface area is 135 Å². The number of rotatable bonds is 4. The van der Waals surface area contributed by atoms with Gasteiger partial charge in [-0.25, -0.2) is 0 Å². The maximum Gasteiger partial charge on any atom is 0.196 e. The van der Waals surface area contributed by atoms with Crippen LogP contribution in [0.5, 0.6) is 5.75 Å². The topological polar surface area (TPSA) is 63.3 Å². The van der Waals surface area contributed by atoms with Gasteiger partial charge in [-0.3, -0.25) is 4.79 Å². The number of phenolic OH excluding ortho intramolecular Hbond substituents is 1. The van der Waals surface area contributed by atoms with E-state index in [1.165, 1.54) is 0 Å². The third-order valence-corrected chi connectivity index (χ3v) is 3.80. The maximum absolute atomic E-state index is 12.7. The van der Waals surface area contributed by atoms with E-state index in [0.29, 0.717) is 11.1 Å². The SMILES string of the molecule is NCc1cc(-c2ccccc2)cc(C(=O)c2ccccc2)c1O. The van der Waals surface area contributed by atoms with Crippen molar-refractivity contribution in [1.82, 2.24) is 0 Å². The molecule has 0 aliphatic rings. The van der Waals surface area contributed by atoms with Gasteiger partial charge in [-0.1, -0.05) is 60.7 Å². The first-order chi connectivity index (χ1) is 11.2. The van der Waals surface area contributed by atoms with Crippen LogP contribution >= 0.6 is 0 Å². The Morgan fingerprint density at radius 2 is 1.48 bits per heavy atom. The quantitative estimate of drug-likeness (QED) is 0.722. The Hall–Kier alpha value is -2.91. The zero-order chi connectivity index (χ0) is 16.2. The lowest BCUT2D eigenvalue weighted by Crippen LogP contribution is -2.06. The first-order valence-electron chi connectivity index (χ1n) is 7.42. The van der Waals surface area contributed by atoms with E-state index in [1.807, 2.05) is 42.5 Å². The number of aromatic hydroxyl groups is 1. The number of hydrogen-bond acceptors (Lipinski definition) is 3. The maximum atomic E-state index is 12.7. The van der Waals surface area contributed by atoms with Crippen LogP contribution in [0.15, 0.2) is 72.8 Å². The molecule has 3 nitrogen and oxygen atoms in total. The van der Waals surface area contributed by atoms with E-state index in [1.54, 1.807) is 30.3 Å². The zero-order valence-corrected chi connectivity index (χ0v) is 12.6. The van der Waals surface area contributed by atoms with Crippen LogP contribution < -0.4 is 5.73 Å². The molecule has 0 aliphatic heterocycles. The van der Waals surface area contributed by atoms with Crippen LogP contribution in [-0.4, -0.2) is 10.9 Å². The summed E-state index contributed by atoms with van der Waals surface area (Å²) in [5, 5.41) is 10.4. The normalized spacial score (nSPS) is 10.5. The summed E-state index contributed by atoms with van der Waals surface area (Å²) in [6.07, 6.45) is 0. The Morgan fingerprint density at radius 3 is 2.09 bits per heavy atom. The summed E-state index contributed by atoms with van der Waals surface area (Å²) in [5.74, 6) is -0.253. The van der Waals surface area contributed by atoms with Gasteiger partial charge >= 0.3 is 0 Å². The van der Waals surface area contributed by atoms with Crippen LogP contribution in [0, 0.1) is 0 Å². The van der Waals surface area contributed by atoms with Crippen molar-refractivity contribution in [2.45, 2.75) is 6.54 Å². The van der Waals surface area contributed by atoms with Gasteiger partial charge in [-0.2, -0.15) is 0 Å². The molecule has 0 spiro atoms. The molecule has 3 heteroatoms. The summed E-state index contributed by atoms with van der Waals surface area (Å²) in [6, 6.07) is 22.2. The van der Waals surface area contributed by atoms with Crippen LogP contribution in [-0.2, 0) is 6.54 Å². The number of phenols is 1. The molecule has 0 saturated carbocycles. The number of carbonyl (C=O) groups excluding carboxylic acids is 1. The second-order valence-electron chi connectivity index (χ2n) is 5.30. The molecule has 3 N–H and O–H groups in total. The van der Waals surface area contributed by atoms with Gasteiger partial charge in [0.1, 0.15) is 5.75 Å². The van der Waals surface area contributed by atoms with Crippen LogP contribution in [0.2, 0.25) is 0 Å². The van der Waals surface area contributed by atoms with Gasteiger partial charge in [0.05, 0.1) is 5.56 Å². The minimum Gasteiger partial charge on any atom is -0.507 e. The van der Waals surface area contributed by atoms with Crippen molar-refractivity contribution >= 4 is 5.78 Å². The molecule has 0 fully saturated rings. The summed E-state index contributed by atoms with van der Waals surface area (Å²) in [4.78, 5) is 12.7. The lowest BCUT2D eigenvalue weighted by Gasteiger charge is -2.12. The Morgan fingerprint density at radius 1 is 0.870 bits per heavy atom. The second-order valence-corrected chi connectivity index (χ2v) is 5.30. The van der Waals surface area contributed by atoms with E-state index >= 15 is 0 Å². The molecule has 3 aromatic carbocycles. The van der Waals surface area contributed by atoms with Crippen molar-refractivity contribution in [2.24, 2.45) is 5.73 Å². The first-order valence-corrected chi connectivity index (χ1v) is 7.42. The third kappa shape index (κ3) is 3.00. The second kappa shape index (κ2) is 6.46. The highest BCUT2D eigenvalue weighted by Crippen LogP contribution is 2.31. The molecule has 0 saturated heterocycles. The smallest absolute Gasteiger partial charge is 0.196 e. The summed E-state index contributed by atoms with van der Waals surface area (Å²) in [5.41, 5.74) is 8.95. The summed E-state index contributed by atoms with van der Waals surface area (Å²) < 4.78 is 0. The largest absolute Gasteiger partial charge is 0.507 e. The highest BCUT2D eigenvalue weighted by atomic mass is 16.3. The minimum atomic E-state index is -0.212. The van der Waals surface area contributed by atoms with Crippen molar-refractivity contribution in [3.05, 3.63) is 89.5 Å². The monoisotopic (exact) mass is 303 g/mol. The van der Waals surface area contributed by atoms with E-state index in [9.17, 15) is 9.90 Å². The van der Waals surface area contributed by atoms with Gasteiger partial charge in [0.2, 0.25) is 0 Å². The zero-order valence-electron chi connectivity index (χ0n) is 12.6. The van der Waals surface area contributed by atoms with Crippen molar-refractivity contribution in [3.63, 3.8) is 0 Å². The fourth-order valence-corrected chi connectivity index (χ4v) is 2.57.